The second-order valence-electron chi connectivity index (χ2n) is 7.98. The molecule has 3 heterocycles. The van der Waals surface area contributed by atoms with Gasteiger partial charge >= 0.3 is 0 Å². The molecule has 0 radical (unpaired) electrons. The van der Waals surface area contributed by atoms with Crippen molar-refractivity contribution in [2.45, 2.75) is 45.6 Å². The van der Waals surface area contributed by atoms with Crippen LogP contribution in [0.4, 0.5) is 10.2 Å². The Bertz CT molecular complexity index is 718. The molecule has 2 fully saturated rings. The molecule has 9 heteroatoms. The summed E-state index contributed by atoms with van der Waals surface area (Å²) >= 11 is 0. The first kappa shape index (κ1) is 24.6. The number of rotatable bonds is 6. The zero-order valence-electron chi connectivity index (χ0n) is 17.9. The normalized spacial score (nSPS) is 21.9. The van der Waals surface area contributed by atoms with E-state index in [0.29, 0.717) is 37.2 Å². The summed E-state index contributed by atoms with van der Waals surface area (Å²) in [7, 11) is 0. The Hall–Kier alpha value is -1.65. The number of aromatic nitrogens is 1. The third-order valence-corrected chi connectivity index (χ3v) is 5.52. The fraction of sp³-hybridized carbons (Fsp3) is 0.667. The zero-order valence-corrected chi connectivity index (χ0v) is 20.3. The largest absolute Gasteiger partial charge is 0.357 e. The van der Waals surface area contributed by atoms with Gasteiger partial charge in [-0.15, -0.1) is 24.0 Å². The van der Waals surface area contributed by atoms with Gasteiger partial charge in [-0.1, -0.05) is 6.92 Å². The lowest BCUT2D eigenvalue weighted by Gasteiger charge is -2.30. The number of carbonyl (C=O) groups excluding carboxylic acids is 1. The molecule has 1 amide bonds. The van der Waals surface area contributed by atoms with Crippen LogP contribution in [0.1, 0.15) is 39.5 Å². The minimum Gasteiger partial charge on any atom is -0.357 e. The summed E-state index contributed by atoms with van der Waals surface area (Å²) in [5.41, 5.74) is 0. The van der Waals surface area contributed by atoms with Gasteiger partial charge in [0.1, 0.15) is 0 Å². The molecule has 2 unspecified atom stereocenters. The molecule has 0 aliphatic carbocycles. The third-order valence-electron chi connectivity index (χ3n) is 5.52. The minimum atomic E-state index is -0.292. The Morgan fingerprint density at radius 2 is 2.17 bits per heavy atom. The van der Waals surface area contributed by atoms with Crippen molar-refractivity contribution in [1.82, 2.24) is 20.5 Å². The number of piperidine rings is 1. The van der Waals surface area contributed by atoms with Crippen LogP contribution < -0.4 is 15.5 Å². The monoisotopic (exact) mass is 532 g/mol. The van der Waals surface area contributed by atoms with Crippen molar-refractivity contribution in [2.24, 2.45) is 10.9 Å². The number of anilines is 1. The van der Waals surface area contributed by atoms with Crippen LogP contribution >= 0.6 is 24.0 Å². The van der Waals surface area contributed by atoms with Crippen molar-refractivity contribution in [3.63, 3.8) is 0 Å². The maximum atomic E-state index is 14.0. The molecule has 3 rings (SSSR count). The molecule has 0 spiro atoms. The Labute approximate surface area is 195 Å². The number of guanidine groups is 1. The summed E-state index contributed by atoms with van der Waals surface area (Å²) in [5.74, 6) is 1.60. The van der Waals surface area contributed by atoms with Crippen LogP contribution in [0, 0.1) is 11.7 Å². The topological polar surface area (TPSA) is 72.9 Å². The van der Waals surface area contributed by atoms with Gasteiger partial charge in [0.05, 0.1) is 6.54 Å². The summed E-state index contributed by atoms with van der Waals surface area (Å²) in [5, 5.41) is 6.66. The number of aliphatic imine (C=N–C) groups is 1. The van der Waals surface area contributed by atoms with Crippen molar-refractivity contribution >= 4 is 41.7 Å². The average molecular weight is 532 g/mol. The highest BCUT2D eigenvalue weighted by atomic mass is 127. The Kier molecular flexibility index (Phi) is 10.1. The van der Waals surface area contributed by atoms with E-state index in [2.05, 4.69) is 27.5 Å². The summed E-state index contributed by atoms with van der Waals surface area (Å²) in [6.07, 6.45) is 5.22. The van der Waals surface area contributed by atoms with Gasteiger partial charge in [0, 0.05) is 51.4 Å². The maximum absolute atomic E-state index is 14.0. The van der Waals surface area contributed by atoms with Gasteiger partial charge in [-0.3, -0.25) is 9.79 Å². The van der Waals surface area contributed by atoms with Gasteiger partial charge < -0.3 is 20.4 Å². The number of hydrogen-bond donors (Lipinski definition) is 2. The lowest BCUT2D eigenvalue weighted by atomic mass is 10.00. The van der Waals surface area contributed by atoms with Gasteiger partial charge in [0.2, 0.25) is 5.91 Å². The first-order valence-corrected chi connectivity index (χ1v) is 10.7. The molecular weight excluding hydrogens is 498 g/mol. The van der Waals surface area contributed by atoms with Crippen molar-refractivity contribution in [1.29, 1.82) is 0 Å². The van der Waals surface area contributed by atoms with Crippen LogP contribution in [0.2, 0.25) is 0 Å². The molecule has 2 aliphatic rings. The van der Waals surface area contributed by atoms with Crippen LogP contribution in [0.3, 0.4) is 0 Å². The molecule has 2 aliphatic heterocycles. The second-order valence-corrected chi connectivity index (χ2v) is 7.98. The number of nitrogens with one attached hydrogen (secondary N) is 2. The van der Waals surface area contributed by atoms with Gasteiger partial charge in [0.15, 0.2) is 17.6 Å². The third kappa shape index (κ3) is 6.95. The van der Waals surface area contributed by atoms with Crippen molar-refractivity contribution < 1.29 is 9.18 Å². The van der Waals surface area contributed by atoms with E-state index in [0.717, 1.165) is 39.0 Å². The highest BCUT2D eigenvalue weighted by Gasteiger charge is 2.26. The summed E-state index contributed by atoms with van der Waals surface area (Å²) in [6.45, 7) is 8.57. The Balaban J connectivity index is 0.00000320. The fourth-order valence-corrected chi connectivity index (χ4v) is 4.03. The first-order chi connectivity index (χ1) is 14.1. The van der Waals surface area contributed by atoms with Gasteiger partial charge in [-0.25, -0.2) is 9.37 Å². The van der Waals surface area contributed by atoms with E-state index in [4.69, 9.17) is 0 Å². The number of hydrogen-bond acceptors (Lipinski definition) is 4. The summed E-state index contributed by atoms with van der Waals surface area (Å²) in [4.78, 5) is 25.1. The van der Waals surface area contributed by atoms with Crippen LogP contribution in [0.25, 0.3) is 0 Å². The maximum Gasteiger partial charge on any atom is 0.224 e. The predicted molar refractivity (Wildman–Crippen MR) is 129 cm³/mol. The molecule has 0 saturated carbocycles. The molecule has 0 bridgehead atoms. The average Bonchev–Trinajstić information content (AvgIpc) is 3.16. The number of carbonyl (C=O) groups is 1. The molecule has 0 aromatic carbocycles. The van der Waals surface area contributed by atoms with Gasteiger partial charge in [-0.2, -0.15) is 0 Å². The van der Waals surface area contributed by atoms with E-state index in [1.165, 1.54) is 12.5 Å². The molecule has 1 aromatic heterocycles. The first-order valence-electron chi connectivity index (χ1n) is 10.7. The van der Waals surface area contributed by atoms with E-state index in [1.54, 1.807) is 12.3 Å². The van der Waals surface area contributed by atoms with Crippen molar-refractivity contribution in [3.8, 4) is 0 Å². The standard InChI is InChI=1S/C21H33FN6O.HI/c1-3-23-21(25-11-8-19(29)27-12-5-6-16(2)14-27)26-17-9-13-28(15-17)20-18(22)7-4-10-24-20;/h4,7,10,16-17H,3,5-6,8-9,11-15H2,1-2H3,(H2,23,25,26);1H. The molecule has 7 nitrogen and oxygen atoms in total. The second kappa shape index (κ2) is 12.3. The minimum absolute atomic E-state index is 0. The molecule has 168 valence electrons. The summed E-state index contributed by atoms with van der Waals surface area (Å²) < 4.78 is 14.0. The number of pyridine rings is 1. The van der Waals surface area contributed by atoms with Crippen LogP contribution in [0.15, 0.2) is 23.3 Å². The predicted octanol–water partition coefficient (Wildman–Crippen LogP) is 2.62. The van der Waals surface area contributed by atoms with E-state index in [9.17, 15) is 9.18 Å². The molecule has 2 atom stereocenters. The lowest BCUT2D eigenvalue weighted by Crippen LogP contribution is -2.45. The SMILES string of the molecule is CCNC(=NCCC(=O)N1CCCC(C)C1)NC1CCN(c2ncccc2F)C1.I. The van der Waals surface area contributed by atoms with E-state index in [-0.39, 0.29) is 41.7 Å². The van der Waals surface area contributed by atoms with Crippen LogP contribution in [-0.2, 0) is 4.79 Å². The number of nitrogens with zero attached hydrogens (tertiary/aromatic N) is 4. The molecule has 1 aromatic rings. The number of halogens is 2. The number of likely N-dealkylation sites (tertiary alicyclic amines) is 1. The Morgan fingerprint density at radius 3 is 2.90 bits per heavy atom. The zero-order chi connectivity index (χ0) is 20.6. The smallest absolute Gasteiger partial charge is 0.224 e. The summed E-state index contributed by atoms with van der Waals surface area (Å²) in [6, 6.07) is 3.20. The van der Waals surface area contributed by atoms with Crippen molar-refractivity contribution in [3.05, 3.63) is 24.1 Å². The van der Waals surface area contributed by atoms with Crippen LogP contribution in [0.5, 0.6) is 0 Å². The quantitative estimate of drug-likeness (QED) is 0.335. The molecule has 2 saturated heterocycles. The van der Waals surface area contributed by atoms with E-state index < -0.39 is 0 Å². The fourth-order valence-electron chi connectivity index (χ4n) is 4.03. The van der Waals surface area contributed by atoms with Crippen molar-refractivity contribution in [2.75, 3.05) is 44.2 Å². The Morgan fingerprint density at radius 1 is 1.33 bits per heavy atom. The number of amides is 1. The molecular formula is C21H34FIN6O. The van der Waals surface area contributed by atoms with Gasteiger partial charge in [-0.05, 0) is 44.2 Å². The van der Waals surface area contributed by atoms with Crippen LogP contribution in [-0.4, -0.2) is 67.1 Å². The highest BCUT2D eigenvalue weighted by molar-refractivity contribution is 14.0. The molecule has 2 N–H and O–H groups in total. The van der Waals surface area contributed by atoms with E-state index in [1.807, 2.05) is 16.7 Å². The van der Waals surface area contributed by atoms with E-state index >= 15 is 0 Å². The lowest BCUT2D eigenvalue weighted by molar-refractivity contribution is -0.132. The van der Waals surface area contributed by atoms with Gasteiger partial charge in [0.25, 0.3) is 0 Å². The molecule has 30 heavy (non-hydrogen) atoms. The highest BCUT2D eigenvalue weighted by Crippen LogP contribution is 2.20.